The molecule has 0 unspecified atom stereocenters. The number of hydrogen-bond donors (Lipinski definition) is 0. The first-order valence-corrected chi connectivity index (χ1v) is 10.1. The summed E-state index contributed by atoms with van der Waals surface area (Å²) in [6.45, 7) is 2.53. The van der Waals surface area contributed by atoms with Crippen LogP contribution in [0.2, 0.25) is 0 Å². The Hall–Kier alpha value is -1.59. The van der Waals surface area contributed by atoms with Crippen molar-refractivity contribution in [2.75, 3.05) is 13.2 Å². The molecule has 0 aliphatic heterocycles. The third kappa shape index (κ3) is 5.94. The van der Waals surface area contributed by atoms with Crippen molar-refractivity contribution in [1.82, 2.24) is 0 Å². The highest BCUT2D eigenvalue weighted by Gasteiger charge is 2.34. The van der Waals surface area contributed by atoms with Crippen molar-refractivity contribution < 1.29 is 27.4 Å². The van der Waals surface area contributed by atoms with Gasteiger partial charge in [0.1, 0.15) is 5.75 Å². The zero-order valence-corrected chi connectivity index (χ0v) is 15.9. The first kappa shape index (κ1) is 20.2. The minimum absolute atomic E-state index is 0.135. The maximum atomic E-state index is 12.9. The zero-order chi connectivity index (χ0) is 19.3. The average molecular weight is 386 g/mol. The molecule has 0 amide bonds. The normalized spacial score (nSPS) is 18.8. The van der Waals surface area contributed by atoms with Gasteiger partial charge in [-0.2, -0.15) is 0 Å². The topological polar surface area (TPSA) is 27.7 Å². The van der Waals surface area contributed by atoms with Gasteiger partial charge in [0.2, 0.25) is 0 Å². The smallest absolute Gasteiger partial charge is 0.493 e. The molecule has 0 heterocycles. The van der Waals surface area contributed by atoms with Crippen molar-refractivity contribution in [2.45, 2.75) is 71.1 Å². The molecule has 2 saturated carbocycles. The second-order valence-electron chi connectivity index (χ2n) is 7.81. The molecule has 3 rings (SSSR count). The van der Waals surface area contributed by atoms with Crippen LogP contribution >= 0.6 is 0 Å². The number of alkyl halides is 3. The average Bonchev–Trinajstić information content (AvgIpc) is 3.29. The van der Waals surface area contributed by atoms with Gasteiger partial charge in [-0.3, -0.25) is 0 Å². The second kappa shape index (κ2) is 9.07. The quantitative estimate of drug-likeness (QED) is 0.516. The van der Waals surface area contributed by atoms with Crippen molar-refractivity contribution in [3.05, 3.63) is 17.7 Å². The van der Waals surface area contributed by atoms with E-state index in [1.807, 2.05) is 0 Å². The van der Waals surface area contributed by atoms with Crippen molar-refractivity contribution >= 4 is 0 Å². The summed E-state index contributed by atoms with van der Waals surface area (Å²) < 4.78 is 54.5. The lowest BCUT2D eigenvalue weighted by molar-refractivity contribution is -0.275. The maximum Gasteiger partial charge on any atom is 0.573 e. The van der Waals surface area contributed by atoms with Crippen LogP contribution in [0.3, 0.4) is 0 Å². The van der Waals surface area contributed by atoms with Crippen LogP contribution in [-0.2, 0) is 0 Å². The number of halogens is 3. The zero-order valence-electron chi connectivity index (χ0n) is 15.9. The van der Waals surface area contributed by atoms with Crippen molar-refractivity contribution in [3.63, 3.8) is 0 Å². The molecule has 1 aromatic rings. The van der Waals surface area contributed by atoms with Crippen LogP contribution in [0, 0.1) is 18.8 Å². The Morgan fingerprint density at radius 2 is 1.48 bits per heavy atom. The summed E-state index contributed by atoms with van der Waals surface area (Å²) in [5.74, 6) is 1.39. The molecule has 2 aliphatic carbocycles. The van der Waals surface area contributed by atoms with Gasteiger partial charge < -0.3 is 14.2 Å². The lowest BCUT2D eigenvalue weighted by Crippen LogP contribution is -2.19. The largest absolute Gasteiger partial charge is 0.573 e. The number of rotatable bonds is 8. The fourth-order valence-corrected chi connectivity index (χ4v) is 4.18. The molecule has 2 aliphatic rings. The molecule has 3 nitrogen and oxygen atoms in total. The Balaban J connectivity index is 1.67. The van der Waals surface area contributed by atoms with Gasteiger partial charge in [0.25, 0.3) is 0 Å². The monoisotopic (exact) mass is 386 g/mol. The highest BCUT2D eigenvalue weighted by atomic mass is 19.4. The number of benzene rings is 1. The SMILES string of the molecule is Cc1c(OCC2CCCC2)ccc(OCCC2CCCC2)c1OC(F)(F)F. The van der Waals surface area contributed by atoms with Gasteiger partial charge in [0, 0.05) is 5.56 Å². The molecule has 0 spiro atoms. The van der Waals surface area contributed by atoms with Gasteiger partial charge in [0.15, 0.2) is 11.5 Å². The predicted molar refractivity (Wildman–Crippen MR) is 97.4 cm³/mol. The summed E-state index contributed by atoms with van der Waals surface area (Å²) in [4.78, 5) is 0. The van der Waals surface area contributed by atoms with E-state index < -0.39 is 6.36 Å². The molecular weight excluding hydrogens is 357 g/mol. The van der Waals surface area contributed by atoms with E-state index in [-0.39, 0.29) is 11.5 Å². The fourth-order valence-electron chi connectivity index (χ4n) is 4.18. The van der Waals surface area contributed by atoms with Crippen LogP contribution in [0.25, 0.3) is 0 Å². The Kier molecular flexibility index (Phi) is 6.77. The lowest BCUT2D eigenvalue weighted by atomic mass is 10.1. The summed E-state index contributed by atoms with van der Waals surface area (Å²) in [7, 11) is 0. The minimum Gasteiger partial charge on any atom is -0.493 e. The van der Waals surface area contributed by atoms with Crippen molar-refractivity contribution in [3.8, 4) is 17.2 Å². The van der Waals surface area contributed by atoms with E-state index in [0.29, 0.717) is 36.4 Å². The summed E-state index contributed by atoms with van der Waals surface area (Å²) in [6, 6.07) is 3.23. The molecule has 0 radical (unpaired) electrons. The van der Waals surface area contributed by atoms with Crippen LogP contribution in [0.15, 0.2) is 12.1 Å². The summed E-state index contributed by atoms with van der Waals surface area (Å²) in [5, 5.41) is 0. The second-order valence-corrected chi connectivity index (χ2v) is 7.81. The van der Waals surface area contributed by atoms with Gasteiger partial charge in [-0.1, -0.05) is 38.5 Å². The van der Waals surface area contributed by atoms with E-state index in [9.17, 15) is 13.2 Å². The molecule has 1 aromatic carbocycles. The summed E-state index contributed by atoms with van der Waals surface area (Å²) in [6.07, 6.45) is 5.57. The van der Waals surface area contributed by atoms with E-state index in [1.54, 1.807) is 13.0 Å². The maximum absolute atomic E-state index is 12.9. The van der Waals surface area contributed by atoms with E-state index in [0.717, 1.165) is 19.3 Å². The van der Waals surface area contributed by atoms with Crippen LogP contribution in [0.4, 0.5) is 13.2 Å². The Morgan fingerprint density at radius 1 is 0.889 bits per heavy atom. The standard InChI is InChI=1S/C21H29F3O3/c1-15-18(26-14-17-8-4-5-9-17)10-11-19(20(15)27-21(22,23)24)25-13-12-16-6-2-3-7-16/h10-11,16-17H,2-9,12-14H2,1H3. The first-order valence-electron chi connectivity index (χ1n) is 10.1. The highest BCUT2D eigenvalue weighted by Crippen LogP contribution is 2.41. The molecule has 152 valence electrons. The van der Waals surface area contributed by atoms with Gasteiger partial charge in [-0.25, -0.2) is 0 Å². The Bertz CT molecular complexity index is 603. The van der Waals surface area contributed by atoms with Gasteiger partial charge in [-0.15, -0.1) is 13.2 Å². The molecule has 0 saturated heterocycles. The number of ether oxygens (including phenoxy) is 3. The van der Waals surface area contributed by atoms with Crippen molar-refractivity contribution in [1.29, 1.82) is 0 Å². The molecule has 0 aromatic heterocycles. The van der Waals surface area contributed by atoms with Crippen LogP contribution in [0.5, 0.6) is 17.2 Å². The van der Waals surface area contributed by atoms with Crippen LogP contribution in [-0.4, -0.2) is 19.6 Å². The third-order valence-electron chi connectivity index (χ3n) is 5.75. The first-order chi connectivity index (χ1) is 12.9. The Labute approximate surface area is 159 Å². The van der Waals surface area contributed by atoms with Gasteiger partial charge >= 0.3 is 6.36 Å². The molecule has 27 heavy (non-hydrogen) atoms. The van der Waals surface area contributed by atoms with Crippen LogP contribution in [0.1, 0.15) is 63.4 Å². The highest BCUT2D eigenvalue weighted by molar-refractivity contribution is 5.53. The summed E-state index contributed by atoms with van der Waals surface area (Å²) >= 11 is 0. The Morgan fingerprint density at radius 3 is 2.11 bits per heavy atom. The van der Waals surface area contributed by atoms with E-state index in [4.69, 9.17) is 9.47 Å². The fraction of sp³-hybridized carbons (Fsp3) is 0.714. The molecule has 0 N–H and O–H groups in total. The molecule has 0 bridgehead atoms. The predicted octanol–water partition coefficient (Wildman–Crippen LogP) is 6.42. The minimum atomic E-state index is -4.77. The van der Waals surface area contributed by atoms with Crippen LogP contribution < -0.4 is 14.2 Å². The molecule has 2 fully saturated rings. The van der Waals surface area contributed by atoms with Gasteiger partial charge in [-0.05, 0) is 50.2 Å². The molecular formula is C21H29F3O3. The molecule has 6 heteroatoms. The van der Waals surface area contributed by atoms with E-state index in [2.05, 4.69) is 4.74 Å². The lowest BCUT2D eigenvalue weighted by Gasteiger charge is -2.20. The summed E-state index contributed by atoms with van der Waals surface area (Å²) in [5.41, 5.74) is 0.337. The van der Waals surface area contributed by atoms with E-state index >= 15 is 0 Å². The van der Waals surface area contributed by atoms with Crippen molar-refractivity contribution in [2.24, 2.45) is 11.8 Å². The number of hydrogen-bond acceptors (Lipinski definition) is 3. The molecule has 0 atom stereocenters. The van der Waals surface area contributed by atoms with E-state index in [1.165, 1.54) is 44.6 Å². The van der Waals surface area contributed by atoms with Gasteiger partial charge in [0.05, 0.1) is 13.2 Å². The third-order valence-corrected chi connectivity index (χ3v) is 5.75.